The first-order chi connectivity index (χ1) is 10.6. The molecule has 1 spiro atoms. The minimum absolute atomic E-state index is 0.00364. The van der Waals surface area contributed by atoms with Crippen molar-refractivity contribution in [3.05, 3.63) is 0 Å². The summed E-state index contributed by atoms with van der Waals surface area (Å²) >= 11 is 0. The van der Waals surface area contributed by atoms with Gasteiger partial charge in [0.2, 0.25) is 0 Å². The largest absolute Gasteiger partial charge is 0.413 e. The van der Waals surface area contributed by atoms with Gasteiger partial charge in [-0.25, -0.2) is 0 Å². The molecule has 0 N–H and O–H groups in total. The van der Waals surface area contributed by atoms with Crippen LogP contribution in [-0.4, -0.2) is 30.6 Å². The van der Waals surface area contributed by atoms with Gasteiger partial charge in [0.05, 0.1) is 24.4 Å². The van der Waals surface area contributed by atoms with Crippen LogP contribution in [0, 0.1) is 16.2 Å². The molecule has 0 aliphatic carbocycles. The molecule has 0 amide bonds. The molecule has 0 aromatic carbocycles. The van der Waals surface area contributed by atoms with Gasteiger partial charge in [-0.1, -0.05) is 62.3 Å². The van der Waals surface area contributed by atoms with E-state index in [1.807, 2.05) is 0 Å². The topological polar surface area (TPSA) is 36.9 Å². The molecule has 2 aliphatic heterocycles. The highest BCUT2D eigenvalue weighted by Gasteiger charge is 2.56. The van der Waals surface area contributed by atoms with Crippen LogP contribution in [0.1, 0.15) is 82.1 Å². The van der Waals surface area contributed by atoms with Crippen molar-refractivity contribution in [3.63, 3.8) is 0 Å². The van der Waals surface area contributed by atoms with Crippen molar-refractivity contribution in [1.82, 2.24) is 0 Å². The molecular formula is C20H38O4. The lowest BCUT2D eigenvalue weighted by Gasteiger charge is -2.54. The maximum Gasteiger partial charge on any atom is 0.413 e. The van der Waals surface area contributed by atoms with Crippen LogP contribution in [0.25, 0.3) is 0 Å². The Hall–Kier alpha value is -0.160. The molecular weight excluding hydrogens is 304 g/mol. The fraction of sp³-hybridized carbons (Fsp3) is 1.00. The summed E-state index contributed by atoms with van der Waals surface area (Å²) in [5.74, 6) is 0. The van der Waals surface area contributed by atoms with Gasteiger partial charge in [0.1, 0.15) is 0 Å². The average Bonchev–Trinajstić information content (AvgIpc) is 2.33. The van der Waals surface area contributed by atoms with E-state index in [2.05, 4.69) is 69.2 Å². The van der Waals surface area contributed by atoms with Crippen LogP contribution in [0.2, 0.25) is 0 Å². The van der Waals surface area contributed by atoms with Crippen molar-refractivity contribution in [1.29, 1.82) is 0 Å². The highest BCUT2D eigenvalue weighted by molar-refractivity contribution is 4.89. The van der Waals surface area contributed by atoms with Gasteiger partial charge in [-0.05, 0) is 23.2 Å². The van der Waals surface area contributed by atoms with E-state index < -0.39 is 6.16 Å². The third kappa shape index (κ3) is 4.51. The van der Waals surface area contributed by atoms with E-state index in [1.165, 1.54) is 0 Å². The fourth-order valence-corrected chi connectivity index (χ4v) is 3.22. The van der Waals surface area contributed by atoms with Crippen LogP contribution in [-0.2, 0) is 18.9 Å². The third-order valence-electron chi connectivity index (χ3n) is 5.08. The van der Waals surface area contributed by atoms with Gasteiger partial charge in [0.25, 0.3) is 0 Å². The maximum atomic E-state index is 6.33. The van der Waals surface area contributed by atoms with E-state index in [9.17, 15) is 0 Å². The Labute approximate surface area is 148 Å². The second kappa shape index (κ2) is 6.22. The molecule has 142 valence electrons. The Morgan fingerprint density at radius 2 is 0.917 bits per heavy atom. The van der Waals surface area contributed by atoms with E-state index in [0.717, 1.165) is 12.8 Å². The van der Waals surface area contributed by atoms with Gasteiger partial charge in [0, 0.05) is 12.8 Å². The van der Waals surface area contributed by atoms with Crippen molar-refractivity contribution in [2.24, 2.45) is 16.2 Å². The third-order valence-corrected chi connectivity index (χ3v) is 5.08. The summed E-state index contributed by atoms with van der Waals surface area (Å²) in [5.41, 5.74) is -0.0144. The van der Waals surface area contributed by atoms with Crippen molar-refractivity contribution in [2.75, 3.05) is 0 Å². The molecule has 0 aromatic rings. The molecule has 0 saturated carbocycles. The summed E-state index contributed by atoms with van der Waals surface area (Å²) in [6.45, 7) is 21.8. The summed E-state index contributed by atoms with van der Waals surface area (Å²) in [6.07, 6.45) is 0.392. The maximum absolute atomic E-state index is 6.33. The minimum atomic E-state index is -1.39. The van der Waals surface area contributed by atoms with E-state index in [4.69, 9.17) is 18.9 Å². The molecule has 0 radical (unpaired) electrons. The lowest BCUT2D eigenvalue weighted by Crippen LogP contribution is -2.62. The molecule has 4 heteroatoms. The van der Waals surface area contributed by atoms with Gasteiger partial charge in [-0.2, -0.15) is 0 Å². The highest BCUT2D eigenvalue weighted by Crippen LogP contribution is 2.46. The number of rotatable bonds is 0. The van der Waals surface area contributed by atoms with Gasteiger partial charge < -0.3 is 4.74 Å². The molecule has 0 aromatic heterocycles. The summed E-state index contributed by atoms with van der Waals surface area (Å²) < 4.78 is 25.1. The zero-order chi connectivity index (χ0) is 18.6. The van der Waals surface area contributed by atoms with Crippen LogP contribution < -0.4 is 0 Å². The smallest absolute Gasteiger partial charge is 0.300 e. The molecule has 2 aliphatic rings. The minimum Gasteiger partial charge on any atom is -0.300 e. The molecule has 2 fully saturated rings. The second-order valence-corrected chi connectivity index (χ2v) is 10.8. The van der Waals surface area contributed by atoms with Crippen molar-refractivity contribution < 1.29 is 18.9 Å². The zero-order valence-corrected chi connectivity index (χ0v) is 17.4. The normalized spacial score (nSPS) is 39.2. The fourth-order valence-electron chi connectivity index (χ4n) is 3.22. The average molecular weight is 343 g/mol. The Balaban J connectivity index is 2.34. The first kappa shape index (κ1) is 20.2. The molecule has 4 atom stereocenters. The van der Waals surface area contributed by atoms with Crippen LogP contribution >= 0.6 is 0 Å². The van der Waals surface area contributed by atoms with E-state index >= 15 is 0 Å². The monoisotopic (exact) mass is 342 g/mol. The number of hydrogen-bond acceptors (Lipinski definition) is 4. The zero-order valence-electron chi connectivity index (χ0n) is 17.4. The molecule has 24 heavy (non-hydrogen) atoms. The Bertz CT molecular complexity index is 411. The molecule has 2 rings (SSSR count). The Kier molecular flexibility index (Phi) is 5.23. The van der Waals surface area contributed by atoms with E-state index in [-0.39, 0.29) is 40.7 Å². The van der Waals surface area contributed by atoms with Crippen molar-refractivity contribution in [2.45, 2.75) is 113 Å². The predicted molar refractivity (Wildman–Crippen MR) is 95.5 cm³/mol. The van der Waals surface area contributed by atoms with Crippen LogP contribution in [0.3, 0.4) is 0 Å². The van der Waals surface area contributed by atoms with Crippen LogP contribution in [0.5, 0.6) is 0 Å². The summed E-state index contributed by atoms with van der Waals surface area (Å²) in [5, 5.41) is 0. The van der Waals surface area contributed by atoms with E-state index in [1.54, 1.807) is 0 Å². The van der Waals surface area contributed by atoms with Crippen molar-refractivity contribution in [3.8, 4) is 0 Å². The standard InChI is InChI=1S/C20H38O4/c1-13-11-14(17(2,3)4)22-20(21-13)23-15(18(5,6)7)12-16(24-20)19(8,9)10/h13-16H,11-12H2,1-10H3. The first-order valence-electron chi connectivity index (χ1n) is 9.34. The quantitative estimate of drug-likeness (QED) is 0.613. The predicted octanol–water partition coefficient (Wildman–Crippen LogP) is 5.10. The second-order valence-electron chi connectivity index (χ2n) is 10.8. The molecule has 2 saturated heterocycles. The molecule has 4 nitrogen and oxygen atoms in total. The summed E-state index contributed by atoms with van der Waals surface area (Å²) in [7, 11) is 0. The van der Waals surface area contributed by atoms with Gasteiger partial charge in [0.15, 0.2) is 0 Å². The summed E-state index contributed by atoms with van der Waals surface area (Å²) in [4.78, 5) is 0. The lowest BCUT2D eigenvalue weighted by atomic mass is 9.78. The van der Waals surface area contributed by atoms with E-state index in [0.29, 0.717) is 0 Å². The van der Waals surface area contributed by atoms with Gasteiger partial charge >= 0.3 is 6.16 Å². The lowest BCUT2D eigenvalue weighted by molar-refractivity contribution is -0.575. The van der Waals surface area contributed by atoms with Gasteiger partial charge in [-0.15, -0.1) is 0 Å². The molecule has 0 bridgehead atoms. The number of ether oxygens (including phenoxy) is 4. The SMILES string of the molecule is CC1CC(C(C)(C)C)OC2(O1)OC(C(C)(C)C)CC(C(C)(C)C)O2. The molecule has 4 unspecified atom stereocenters. The Morgan fingerprint density at radius 1 is 0.583 bits per heavy atom. The van der Waals surface area contributed by atoms with Gasteiger partial charge in [-0.3, -0.25) is 14.2 Å². The van der Waals surface area contributed by atoms with Crippen LogP contribution in [0.15, 0.2) is 0 Å². The number of hydrogen-bond donors (Lipinski definition) is 0. The Morgan fingerprint density at radius 3 is 1.25 bits per heavy atom. The highest BCUT2D eigenvalue weighted by atomic mass is 17.0. The first-order valence-corrected chi connectivity index (χ1v) is 9.34. The van der Waals surface area contributed by atoms with Crippen molar-refractivity contribution >= 4 is 0 Å². The summed E-state index contributed by atoms with van der Waals surface area (Å²) in [6, 6.07) is 0. The molecule has 2 heterocycles. The van der Waals surface area contributed by atoms with Crippen LogP contribution in [0.4, 0.5) is 0 Å².